The van der Waals surface area contributed by atoms with E-state index in [-0.39, 0.29) is 4.21 Å². The van der Waals surface area contributed by atoms with Gasteiger partial charge in [0.25, 0.3) is 10.0 Å². The third-order valence-electron chi connectivity index (χ3n) is 3.03. The predicted octanol–water partition coefficient (Wildman–Crippen LogP) is 2.99. The molecule has 0 aliphatic heterocycles. The topological polar surface area (TPSA) is 60.7 Å². The lowest BCUT2D eigenvalue weighted by atomic mass is 10.3. The first kappa shape index (κ1) is 15.3. The van der Waals surface area contributed by atoms with Crippen molar-refractivity contribution < 1.29 is 13.2 Å². The SMILES string of the molecule is CCOc1cccc2s/c(=N\S(=O)(=O)c3cccs3)n(C)c12. The molecule has 1 aromatic carbocycles. The summed E-state index contributed by atoms with van der Waals surface area (Å²) in [4.78, 5) is 0.426. The fraction of sp³-hybridized carbons (Fsp3) is 0.214. The summed E-state index contributed by atoms with van der Waals surface area (Å²) >= 11 is 2.49. The molecule has 0 bridgehead atoms. The summed E-state index contributed by atoms with van der Waals surface area (Å²) in [7, 11) is -1.88. The van der Waals surface area contributed by atoms with Crippen molar-refractivity contribution in [1.29, 1.82) is 0 Å². The van der Waals surface area contributed by atoms with Gasteiger partial charge in [-0.3, -0.25) is 0 Å². The smallest absolute Gasteiger partial charge is 0.294 e. The first-order valence-corrected chi connectivity index (χ1v) is 9.72. The zero-order valence-corrected chi connectivity index (χ0v) is 14.5. The van der Waals surface area contributed by atoms with Gasteiger partial charge in [0.05, 0.1) is 11.3 Å². The van der Waals surface area contributed by atoms with Gasteiger partial charge in [0, 0.05) is 7.05 Å². The van der Waals surface area contributed by atoms with E-state index in [4.69, 9.17) is 4.74 Å². The Labute approximate surface area is 136 Å². The molecule has 116 valence electrons. The lowest BCUT2D eigenvalue weighted by molar-refractivity contribution is 0.343. The van der Waals surface area contributed by atoms with Crippen molar-refractivity contribution in [3.05, 3.63) is 40.5 Å². The number of thiazole rings is 1. The molecule has 0 amide bonds. The van der Waals surface area contributed by atoms with Crippen molar-refractivity contribution in [1.82, 2.24) is 4.57 Å². The number of fused-ring (bicyclic) bond motifs is 1. The van der Waals surface area contributed by atoms with E-state index in [1.807, 2.05) is 25.1 Å². The van der Waals surface area contributed by atoms with Crippen LogP contribution in [0.5, 0.6) is 5.75 Å². The third kappa shape index (κ3) is 2.69. The second kappa shape index (κ2) is 5.86. The number of thiophene rings is 1. The highest BCUT2D eigenvalue weighted by Crippen LogP contribution is 2.27. The van der Waals surface area contributed by atoms with Gasteiger partial charge >= 0.3 is 0 Å². The van der Waals surface area contributed by atoms with E-state index in [9.17, 15) is 8.42 Å². The molecule has 0 saturated heterocycles. The number of hydrogen-bond acceptors (Lipinski definition) is 5. The Morgan fingerprint density at radius 3 is 2.77 bits per heavy atom. The molecule has 0 fully saturated rings. The lowest BCUT2D eigenvalue weighted by Gasteiger charge is -2.05. The molecule has 2 aromatic heterocycles. The van der Waals surface area contributed by atoms with Gasteiger partial charge in [-0.05, 0) is 30.5 Å². The minimum absolute atomic E-state index is 0.245. The fourth-order valence-electron chi connectivity index (χ4n) is 2.09. The van der Waals surface area contributed by atoms with Crippen LogP contribution in [-0.2, 0) is 17.1 Å². The second-order valence-electron chi connectivity index (χ2n) is 4.48. The van der Waals surface area contributed by atoms with E-state index >= 15 is 0 Å². The lowest BCUT2D eigenvalue weighted by Crippen LogP contribution is -2.13. The van der Waals surface area contributed by atoms with E-state index in [0.29, 0.717) is 11.4 Å². The van der Waals surface area contributed by atoms with Gasteiger partial charge < -0.3 is 9.30 Å². The van der Waals surface area contributed by atoms with Gasteiger partial charge in [0.15, 0.2) is 0 Å². The molecule has 5 nitrogen and oxygen atoms in total. The number of para-hydroxylation sites is 1. The number of sulfonamides is 1. The molecule has 0 spiro atoms. The van der Waals surface area contributed by atoms with Gasteiger partial charge in [-0.25, -0.2) is 0 Å². The maximum absolute atomic E-state index is 12.3. The van der Waals surface area contributed by atoms with Crippen LogP contribution in [0.3, 0.4) is 0 Å². The number of rotatable bonds is 4. The van der Waals surface area contributed by atoms with Gasteiger partial charge in [-0.1, -0.05) is 23.5 Å². The monoisotopic (exact) mass is 354 g/mol. The van der Waals surface area contributed by atoms with Crippen molar-refractivity contribution in [2.45, 2.75) is 11.1 Å². The van der Waals surface area contributed by atoms with Crippen LogP contribution in [0.25, 0.3) is 10.2 Å². The van der Waals surface area contributed by atoms with Crippen LogP contribution in [0, 0.1) is 0 Å². The zero-order valence-electron chi connectivity index (χ0n) is 12.0. The van der Waals surface area contributed by atoms with E-state index in [2.05, 4.69) is 4.40 Å². The fourth-order valence-corrected chi connectivity index (χ4v) is 5.32. The predicted molar refractivity (Wildman–Crippen MR) is 89.0 cm³/mol. The molecule has 0 aliphatic carbocycles. The number of aromatic nitrogens is 1. The summed E-state index contributed by atoms with van der Waals surface area (Å²) in [6.07, 6.45) is 0. The average molecular weight is 354 g/mol. The number of hydrogen-bond donors (Lipinski definition) is 0. The Kier molecular flexibility index (Phi) is 4.07. The van der Waals surface area contributed by atoms with Gasteiger partial charge in [-0.2, -0.15) is 8.42 Å². The molecule has 2 heterocycles. The van der Waals surface area contributed by atoms with Crippen LogP contribution >= 0.6 is 22.7 Å². The number of nitrogens with zero attached hydrogens (tertiary/aromatic N) is 2. The Morgan fingerprint density at radius 2 is 2.09 bits per heavy atom. The molecule has 22 heavy (non-hydrogen) atoms. The largest absolute Gasteiger partial charge is 0.492 e. The van der Waals surface area contributed by atoms with Crippen LogP contribution in [0.2, 0.25) is 0 Å². The van der Waals surface area contributed by atoms with Crippen LogP contribution in [0.15, 0.2) is 44.3 Å². The third-order valence-corrected chi connectivity index (χ3v) is 6.89. The Morgan fingerprint density at radius 1 is 1.27 bits per heavy atom. The van der Waals surface area contributed by atoms with Crippen molar-refractivity contribution >= 4 is 42.9 Å². The molecule has 0 N–H and O–H groups in total. The van der Waals surface area contributed by atoms with Gasteiger partial charge in [0.1, 0.15) is 15.5 Å². The minimum atomic E-state index is -3.67. The standard InChI is InChI=1S/C14H14N2O3S3/c1-3-19-10-6-4-7-11-13(10)16(2)14(21-11)15-22(17,18)12-8-5-9-20-12/h4-9H,3H2,1-2H3/b15-14-. The molecule has 0 saturated carbocycles. The molecule has 0 aliphatic rings. The molecular formula is C14H14N2O3S3. The van der Waals surface area contributed by atoms with Crippen molar-refractivity contribution in [3.8, 4) is 5.75 Å². The highest BCUT2D eigenvalue weighted by Gasteiger charge is 2.16. The molecule has 8 heteroatoms. The maximum atomic E-state index is 12.3. The molecule has 3 rings (SSSR count). The summed E-state index contributed by atoms with van der Waals surface area (Å²) in [5.74, 6) is 0.730. The van der Waals surface area contributed by atoms with E-state index in [1.54, 1.807) is 29.1 Å². The molecule has 3 aromatic rings. The van der Waals surface area contributed by atoms with Crippen LogP contribution in [0.4, 0.5) is 0 Å². The summed E-state index contributed by atoms with van der Waals surface area (Å²) in [5, 5.41) is 1.72. The van der Waals surface area contributed by atoms with Crippen molar-refractivity contribution in [2.24, 2.45) is 11.4 Å². The Bertz CT molecular complexity index is 967. The molecule has 0 radical (unpaired) electrons. The molecule has 0 unspecified atom stereocenters. The average Bonchev–Trinajstić information content (AvgIpc) is 3.10. The van der Waals surface area contributed by atoms with Crippen molar-refractivity contribution in [2.75, 3.05) is 6.61 Å². The Hall–Kier alpha value is -1.64. The summed E-state index contributed by atoms with van der Waals surface area (Å²) in [6, 6.07) is 8.95. The molecule has 0 atom stereocenters. The Balaban J connectivity index is 2.23. The first-order chi connectivity index (χ1) is 10.5. The zero-order chi connectivity index (χ0) is 15.7. The molecular weight excluding hydrogens is 340 g/mol. The maximum Gasteiger partial charge on any atom is 0.294 e. The van der Waals surface area contributed by atoms with Crippen LogP contribution < -0.4 is 9.54 Å². The number of benzene rings is 1. The van der Waals surface area contributed by atoms with E-state index < -0.39 is 10.0 Å². The summed E-state index contributed by atoms with van der Waals surface area (Å²) in [6.45, 7) is 2.46. The minimum Gasteiger partial charge on any atom is -0.492 e. The van der Waals surface area contributed by atoms with E-state index in [0.717, 1.165) is 27.3 Å². The van der Waals surface area contributed by atoms with Gasteiger partial charge in [0.2, 0.25) is 4.80 Å². The van der Waals surface area contributed by atoms with E-state index in [1.165, 1.54) is 11.3 Å². The van der Waals surface area contributed by atoms with Crippen molar-refractivity contribution in [3.63, 3.8) is 0 Å². The first-order valence-electron chi connectivity index (χ1n) is 6.59. The number of aryl methyl sites for hydroxylation is 1. The van der Waals surface area contributed by atoms with Gasteiger partial charge in [-0.15, -0.1) is 15.7 Å². The second-order valence-corrected chi connectivity index (χ2v) is 8.27. The summed E-state index contributed by atoms with van der Waals surface area (Å²) < 4.78 is 37.2. The highest BCUT2D eigenvalue weighted by atomic mass is 32.2. The quantitative estimate of drug-likeness (QED) is 0.724. The number of ether oxygens (including phenoxy) is 1. The van der Waals surface area contributed by atoms with Crippen LogP contribution in [-0.4, -0.2) is 19.6 Å². The highest BCUT2D eigenvalue weighted by molar-refractivity contribution is 7.92. The normalized spacial score (nSPS) is 12.9. The van der Waals surface area contributed by atoms with Crippen LogP contribution in [0.1, 0.15) is 6.92 Å². The summed E-state index contributed by atoms with van der Waals surface area (Å²) in [5.41, 5.74) is 0.856.